The highest BCUT2D eigenvalue weighted by atomic mass is 32.2. The van der Waals surface area contributed by atoms with E-state index in [9.17, 15) is 13.2 Å². The van der Waals surface area contributed by atoms with Crippen molar-refractivity contribution in [2.45, 2.75) is 68.2 Å². The Bertz CT molecular complexity index is 1150. The maximum absolute atomic E-state index is 13.4. The maximum Gasteiger partial charge on any atom is 0.255 e. The summed E-state index contributed by atoms with van der Waals surface area (Å²) < 4.78 is 33.0. The molecule has 1 aromatic heterocycles. The second-order valence-electron chi connectivity index (χ2n) is 9.66. The van der Waals surface area contributed by atoms with Crippen molar-refractivity contribution in [3.8, 4) is 11.4 Å². The molecule has 3 aliphatic rings. The van der Waals surface area contributed by atoms with Crippen LogP contribution in [0, 0.1) is 0 Å². The van der Waals surface area contributed by atoms with Gasteiger partial charge >= 0.3 is 0 Å². The molecule has 3 aliphatic heterocycles. The number of ether oxygens (including phenoxy) is 1. The summed E-state index contributed by atoms with van der Waals surface area (Å²) in [6.45, 7) is 3.89. The molecule has 2 unspecified atom stereocenters. The van der Waals surface area contributed by atoms with Crippen LogP contribution in [0.25, 0.3) is 5.69 Å². The van der Waals surface area contributed by atoms with Crippen molar-refractivity contribution in [1.29, 1.82) is 0 Å². The molecule has 0 saturated carbocycles. The van der Waals surface area contributed by atoms with Crippen molar-refractivity contribution < 1.29 is 17.9 Å². The maximum atomic E-state index is 13.4. The number of aromatic nitrogens is 1. The fourth-order valence-corrected chi connectivity index (χ4v) is 6.10. The van der Waals surface area contributed by atoms with E-state index in [0.29, 0.717) is 23.5 Å². The van der Waals surface area contributed by atoms with Gasteiger partial charge in [0.1, 0.15) is 5.60 Å². The van der Waals surface area contributed by atoms with Crippen LogP contribution < -0.4 is 10.1 Å². The number of rotatable bonds is 3. The van der Waals surface area contributed by atoms with Crippen LogP contribution in [-0.2, 0) is 15.4 Å². The van der Waals surface area contributed by atoms with E-state index in [1.165, 1.54) is 18.9 Å². The molecule has 2 bridgehead atoms. The lowest BCUT2D eigenvalue weighted by molar-refractivity contribution is 0.0809. The minimum Gasteiger partial charge on any atom is -0.479 e. The largest absolute Gasteiger partial charge is 0.479 e. The van der Waals surface area contributed by atoms with Crippen molar-refractivity contribution in [1.82, 2.24) is 14.8 Å². The number of hydrogen-bond donors (Lipinski definition) is 1. The molecule has 5 rings (SSSR count). The molecule has 1 amide bonds. The Kier molecular flexibility index (Phi) is 4.54. The number of carbonyl (C=O) groups excluding carboxylic acids is 1. The molecular weight excluding hydrogens is 414 g/mol. The molecule has 166 valence electrons. The highest BCUT2D eigenvalue weighted by Crippen LogP contribution is 2.43. The van der Waals surface area contributed by atoms with Gasteiger partial charge in [0.2, 0.25) is 0 Å². The Balaban J connectivity index is 1.56. The van der Waals surface area contributed by atoms with Crippen LogP contribution >= 0.6 is 0 Å². The molecule has 2 aromatic rings. The van der Waals surface area contributed by atoms with Crippen molar-refractivity contribution >= 4 is 15.7 Å². The molecule has 7 nitrogen and oxygen atoms in total. The average Bonchev–Trinajstić information content (AvgIpc) is 3.24. The molecular formula is C23H29N3O4S. The second-order valence-corrected chi connectivity index (χ2v) is 11.7. The predicted octanol–water partition coefficient (Wildman–Crippen LogP) is 2.86. The average molecular weight is 444 g/mol. The van der Waals surface area contributed by atoms with Crippen LogP contribution in [-0.4, -0.2) is 55.2 Å². The van der Waals surface area contributed by atoms with Crippen molar-refractivity contribution in [2.24, 2.45) is 0 Å². The number of amides is 1. The zero-order chi connectivity index (χ0) is 22.1. The van der Waals surface area contributed by atoms with Crippen LogP contribution in [0.4, 0.5) is 0 Å². The number of sulfone groups is 1. The Morgan fingerprint density at radius 1 is 1.19 bits per heavy atom. The number of fused-ring (bicyclic) bond motifs is 5. The minimum absolute atomic E-state index is 0.0810. The van der Waals surface area contributed by atoms with E-state index in [4.69, 9.17) is 4.74 Å². The quantitative estimate of drug-likeness (QED) is 0.789. The summed E-state index contributed by atoms with van der Waals surface area (Å²) in [6, 6.07) is 7.97. The highest BCUT2D eigenvalue weighted by molar-refractivity contribution is 7.90. The van der Waals surface area contributed by atoms with E-state index in [0.717, 1.165) is 24.8 Å². The van der Waals surface area contributed by atoms with Gasteiger partial charge in [-0.05, 0) is 70.8 Å². The monoisotopic (exact) mass is 443 g/mol. The minimum atomic E-state index is -3.51. The molecule has 31 heavy (non-hydrogen) atoms. The van der Waals surface area contributed by atoms with E-state index in [1.54, 1.807) is 6.07 Å². The van der Waals surface area contributed by atoms with Crippen molar-refractivity contribution in [2.75, 3.05) is 13.3 Å². The first-order valence-electron chi connectivity index (χ1n) is 10.8. The fourth-order valence-electron chi connectivity index (χ4n) is 5.44. The number of carbonyl (C=O) groups is 1. The Labute approximate surface area is 183 Å². The van der Waals surface area contributed by atoms with Gasteiger partial charge in [0.25, 0.3) is 5.91 Å². The third-order valence-corrected chi connectivity index (χ3v) is 8.22. The SMILES string of the molecule is CN1C2CCC1CC(NC(=O)c1cc(S(C)(=O)=O)cc3c1OC(C)(C)c1cccn1-3)C2. The Morgan fingerprint density at radius 3 is 2.52 bits per heavy atom. The standard InChI is InChI=1S/C23H29N3O4S/c1-23(2)20-6-5-9-26(20)19-13-17(31(4,28)29)12-18(21(19)30-23)22(27)24-14-10-15-7-8-16(11-14)25(15)3/h5-6,9,12-16H,7-8,10-11H2,1-4H3,(H,24,27). The lowest BCUT2D eigenvalue weighted by Gasteiger charge is -2.37. The summed E-state index contributed by atoms with van der Waals surface area (Å²) in [5.74, 6) is 0.150. The van der Waals surface area contributed by atoms with E-state index in [2.05, 4.69) is 17.3 Å². The van der Waals surface area contributed by atoms with Crippen LogP contribution in [0.1, 0.15) is 55.6 Å². The summed E-state index contributed by atoms with van der Waals surface area (Å²) in [5.41, 5.74) is 1.11. The van der Waals surface area contributed by atoms with Gasteiger partial charge in [-0.15, -0.1) is 0 Å². The summed E-state index contributed by atoms with van der Waals surface area (Å²) in [4.78, 5) is 16.0. The number of hydrogen-bond acceptors (Lipinski definition) is 5. The van der Waals surface area contributed by atoms with Crippen molar-refractivity contribution in [3.63, 3.8) is 0 Å². The van der Waals surface area contributed by atoms with Crippen LogP contribution in [0.2, 0.25) is 0 Å². The Morgan fingerprint density at radius 2 is 1.87 bits per heavy atom. The smallest absolute Gasteiger partial charge is 0.255 e. The van der Waals surface area contributed by atoms with Crippen LogP contribution in [0.15, 0.2) is 35.4 Å². The number of nitrogens with one attached hydrogen (secondary N) is 1. The first kappa shape index (κ1) is 20.6. The second kappa shape index (κ2) is 6.84. The van der Waals surface area contributed by atoms with Gasteiger partial charge in [-0.2, -0.15) is 0 Å². The van der Waals surface area contributed by atoms with Gasteiger partial charge in [-0.3, -0.25) is 4.79 Å². The first-order chi connectivity index (χ1) is 14.5. The normalized spacial score (nSPS) is 26.6. The molecule has 0 aliphatic carbocycles. The van der Waals surface area contributed by atoms with Crippen LogP contribution in [0.5, 0.6) is 5.75 Å². The van der Waals surface area contributed by atoms with E-state index in [-0.39, 0.29) is 22.4 Å². The molecule has 4 heterocycles. The van der Waals surface area contributed by atoms with E-state index < -0.39 is 15.4 Å². The fraction of sp³-hybridized carbons (Fsp3) is 0.522. The molecule has 0 radical (unpaired) electrons. The third-order valence-electron chi connectivity index (χ3n) is 7.13. The highest BCUT2D eigenvalue weighted by Gasteiger charge is 2.40. The van der Waals surface area contributed by atoms with Gasteiger partial charge in [0.05, 0.1) is 21.8 Å². The van der Waals surface area contributed by atoms with E-state index in [1.807, 2.05) is 36.7 Å². The van der Waals surface area contributed by atoms with Gasteiger partial charge < -0.3 is 19.5 Å². The zero-order valence-electron chi connectivity index (χ0n) is 18.4. The molecule has 8 heteroatoms. The molecule has 2 saturated heterocycles. The topological polar surface area (TPSA) is 80.6 Å². The molecule has 2 atom stereocenters. The van der Waals surface area contributed by atoms with E-state index >= 15 is 0 Å². The summed E-state index contributed by atoms with van der Waals surface area (Å²) in [6.07, 6.45) is 7.21. The molecule has 1 N–H and O–H groups in total. The van der Waals surface area contributed by atoms with Gasteiger partial charge in [0.15, 0.2) is 15.6 Å². The summed E-state index contributed by atoms with van der Waals surface area (Å²) >= 11 is 0. The third kappa shape index (κ3) is 3.36. The lowest BCUT2D eigenvalue weighted by Crippen LogP contribution is -2.48. The zero-order valence-corrected chi connectivity index (χ0v) is 19.2. The van der Waals surface area contributed by atoms with Crippen LogP contribution in [0.3, 0.4) is 0 Å². The van der Waals surface area contributed by atoms with Gasteiger partial charge in [-0.25, -0.2) is 8.42 Å². The Hall–Kier alpha value is -2.32. The predicted molar refractivity (Wildman–Crippen MR) is 118 cm³/mol. The summed E-state index contributed by atoms with van der Waals surface area (Å²) in [5, 5.41) is 3.18. The lowest BCUT2D eigenvalue weighted by atomic mass is 9.97. The number of nitrogens with zero attached hydrogens (tertiary/aromatic N) is 2. The van der Waals surface area contributed by atoms with Gasteiger partial charge in [-0.1, -0.05) is 0 Å². The number of benzene rings is 1. The van der Waals surface area contributed by atoms with Gasteiger partial charge in [0, 0.05) is 30.6 Å². The first-order valence-corrected chi connectivity index (χ1v) is 12.7. The molecule has 1 aromatic carbocycles. The number of piperidine rings is 1. The molecule has 2 fully saturated rings. The summed E-state index contributed by atoms with van der Waals surface area (Å²) in [7, 11) is -1.35. The molecule has 0 spiro atoms. The van der Waals surface area contributed by atoms with Crippen molar-refractivity contribution in [3.05, 3.63) is 41.7 Å².